The molecule has 8 nitrogen and oxygen atoms in total. The lowest BCUT2D eigenvalue weighted by Gasteiger charge is -2.20. The van der Waals surface area contributed by atoms with Gasteiger partial charge in [0.25, 0.3) is 0 Å². The van der Waals surface area contributed by atoms with Gasteiger partial charge in [-0.05, 0) is 60.6 Å². The number of benzene rings is 2. The maximum Gasteiger partial charge on any atom is 0.302 e. The third kappa shape index (κ3) is 4.98. The molecular weight excluding hydrogens is 535 g/mol. The molecule has 4 atom stereocenters. The number of hydrogen-bond acceptors (Lipinski definition) is 6. The van der Waals surface area contributed by atoms with Crippen molar-refractivity contribution in [3.8, 4) is 11.4 Å². The fourth-order valence-corrected chi connectivity index (χ4v) is 7.56. The summed E-state index contributed by atoms with van der Waals surface area (Å²) in [4.78, 5) is 26.9. The van der Waals surface area contributed by atoms with Crippen LogP contribution in [0, 0.1) is 5.82 Å². The number of aromatic nitrogens is 2. The predicted molar refractivity (Wildman–Crippen MR) is 159 cm³/mol. The summed E-state index contributed by atoms with van der Waals surface area (Å²) in [7, 11) is 0. The van der Waals surface area contributed by atoms with Gasteiger partial charge < -0.3 is 29.7 Å². The molecule has 9 heteroatoms. The number of halogens is 1. The van der Waals surface area contributed by atoms with Crippen LogP contribution in [0.15, 0.2) is 36.4 Å². The highest BCUT2D eigenvalue weighted by Gasteiger charge is 2.33. The van der Waals surface area contributed by atoms with Crippen molar-refractivity contribution in [1.82, 2.24) is 20.2 Å². The molecule has 0 spiro atoms. The molecule has 2 aromatic carbocycles. The average Bonchev–Trinajstić information content (AvgIpc) is 3.72. The van der Waals surface area contributed by atoms with Gasteiger partial charge in [-0.25, -0.2) is 4.39 Å². The van der Waals surface area contributed by atoms with Gasteiger partial charge in [-0.2, -0.15) is 0 Å². The molecule has 5 heterocycles. The van der Waals surface area contributed by atoms with Crippen molar-refractivity contribution in [3.05, 3.63) is 58.9 Å². The quantitative estimate of drug-likeness (QED) is 0.281. The number of aromatic amines is 1. The van der Waals surface area contributed by atoms with Crippen molar-refractivity contribution in [2.75, 3.05) is 13.1 Å². The van der Waals surface area contributed by atoms with E-state index in [4.69, 9.17) is 9.47 Å². The highest BCUT2D eigenvalue weighted by molar-refractivity contribution is 5.98. The highest BCUT2D eigenvalue weighted by atomic mass is 19.1. The number of rotatable bonds is 7. The van der Waals surface area contributed by atoms with Gasteiger partial charge >= 0.3 is 11.9 Å². The van der Waals surface area contributed by atoms with Crippen LogP contribution in [0.25, 0.3) is 33.2 Å². The second-order valence-corrected chi connectivity index (χ2v) is 12.1. The zero-order chi connectivity index (χ0) is 29.0. The van der Waals surface area contributed by atoms with Crippen LogP contribution in [0.4, 0.5) is 4.39 Å². The lowest BCUT2D eigenvalue weighted by molar-refractivity contribution is -0.146. The Morgan fingerprint density at radius 1 is 0.929 bits per heavy atom. The maximum atomic E-state index is 14.5. The lowest BCUT2D eigenvalue weighted by atomic mass is 9.95. The molecule has 3 aliphatic rings. The van der Waals surface area contributed by atoms with E-state index in [0.29, 0.717) is 13.1 Å². The number of nitrogens with zero attached hydrogens (tertiary/aromatic N) is 1. The molecule has 0 unspecified atom stereocenters. The summed E-state index contributed by atoms with van der Waals surface area (Å²) in [6.07, 6.45) is 4.85. The van der Waals surface area contributed by atoms with Crippen molar-refractivity contribution in [3.63, 3.8) is 0 Å². The third-order valence-corrected chi connectivity index (χ3v) is 9.13. The molecule has 220 valence electrons. The minimum Gasteiger partial charge on any atom is -0.461 e. The largest absolute Gasteiger partial charge is 0.461 e. The smallest absolute Gasteiger partial charge is 0.302 e. The summed E-state index contributed by atoms with van der Waals surface area (Å²) in [6, 6.07) is 11.9. The standard InChI is InChI=1S/C33H37FN4O4/c1-18(39)41-24-12-22(35-16-24)14-28-26-9-8-21(34)11-30(26)37-31(28)33-29(15-23-13-25(17-36-23)42-19(2)40)27-7-3-5-20-6-4-10-38(33)32(20)27/h3,5,7-9,11,22-25,35-37H,4,6,10,12-17H2,1-2H3/t22-,23-,24-,25-/m0/s1. The lowest BCUT2D eigenvalue weighted by Crippen LogP contribution is -2.25. The summed E-state index contributed by atoms with van der Waals surface area (Å²) in [5.74, 6) is -0.783. The average molecular weight is 573 g/mol. The Hall–Kier alpha value is -3.69. The summed E-state index contributed by atoms with van der Waals surface area (Å²) < 4.78 is 28.0. The fourth-order valence-electron chi connectivity index (χ4n) is 7.56. The van der Waals surface area contributed by atoms with E-state index in [2.05, 4.69) is 38.4 Å². The van der Waals surface area contributed by atoms with Crippen molar-refractivity contribution in [1.29, 1.82) is 0 Å². The van der Waals surface area contributed by atoms with Crippen molar-refractivity contribution in [2.24, 2.45) is 0 Å². The molecule has 0 amide bonds. The number of esters is 2. The zero-order valence-electron chi connectivity index (χ0n) is 24.1. The first-order valence-corrected chi connectivity index (χ1v) is 15.1. The summed E-state index contributed by atoms with van der Waals surface area (Å²) >= 11 is 0. The van der Waals surface area contributed by atoms with Gasteiger partial charge in [0.1, 0.15) is 18.0 Å². The van der Waals surface area contributed by atoms with Crippen LogP contribution in [0.1, 0.15) is 49.8 Å². The maximum absolute atomic E-state index is 14.5. The first-order chi connectivity index (χ1) is 20.3. The van der Waals surface area contributed by atoms with Crippen LogP contribution in [0.2, 0.25) is 0 Å². The van der Waals surface area contributed by atoms with Crippen LogP contribution >= 0.6 is 0 Å². The highest BCUT2D eigenvalue weighted by Crippen LogP contribution is 2.42. The Morgan fingerprint density at radius 2 is 1.62 bits per heavy atom. The summed E-state index contributed by atoms with van der Waals surface area (Å²) in [5, 5.41) is 9.41. The van der Waals surface area contributed by atoms with Gasteiger partial charge in [-0.15, -0.1) is 0 Å². The van der Waals surface area contributed by atoms with E-state index in [0.717, 1.165) is 72.9 Å². The molecule has 42 heavy (non-hydrogen) atoms. The monoisotopic (exact) mass is 572 g/mol. The van der Waals surface area contributed by atoms with Gasteiger partial charge in [-0.1, -0.05) is 18.2 Å². The molecule has 7 rings (SSSR count). The van der Waals surface area contributed by atoms with Gasteiger partial charge in [0, 0.05) is 74.7 Å². The van der Waals surface area contributed by atoms with Crippen LogP contribution in [0.3, 0.4) is 0 Å². The second kappa shape index (κ2) is 10.9. The number of carbonyl (C=O) groups is 2. The molecule has 0 bridgehead atoms. The Labute approximate surface area is 243 Å². The van der Waals surface area contributed by atoms with Gasteiger partial charge in [-0.3, -0.25) is 9.59 Å². The van der Waals surface area contributed by atoms with Gasteiger partial charge in [0.2, 0.25) is 0 Å². The van der Waals surface area contributed by atoms with Crippen molar-refractivity contribution in [2.45, 2.75) is 83.2 Å². The van der Waals surface area contributed by atoms with Crippen LogP contribution in [0.5, 0.6) is 0 Å². The molecule has 0 radical (unpaired) electrons. The number of fused-ring (bicyclic) bond motifs is 1. The van der Waals surface area contributed by atoms with E-state index < -0.39 is 0 Å². The van der Waals surface area contributed by atoms with E-state index >= 15 is 0 Å². The molecule has 0 aliphatic carbocycles. The first kappa shape index (κ1) is 27.2. The SMILES string of the molecule is CC(=O)O[C@@H]1CN[C@H](Cc2c(-c3c(C[C@@H]4C[C@H](OC(C)=O)CN4)c4cccc5c4n3CCC5)[nH]c3cc(F)ccc23)C1. The van der Waals surface area contributed by atoms with Gasteiger partial charge in [0.05, 0.1) is 16.9 Å². The molecule has 3 aliphatic heterocycles. The Balaban J connectivity index is 1.34. The van der Waals surface area contributed by atoms with E-state index in [-0.39, 0.29) is 42.0 Å². The third-order valence-electron chi connectivity index (χ3n) is 9.13. The summed E-state index contributed by atoms with van der Waals surface area (Å²) in [5.41, 5.74) is 8.03. The molecule has 2 aromatic heterocycles. The minimum absolute atomic E-state index is 0.124. The van der Waals surface area contributed by atoms with Crippen LogP contribution in [-0.4, -0.2) is 58.9 Å². The second-order valence-electron chi connectivity index (χ2n) is 12.1. The Kier molecular flexibility index (Phi) is 7.02. The molecule has 3 N–H and O–H groups in total. The van der Waals surface area contributed by atoms with Crippen molar-refractivity contribution >= 4 is 33.7 Å². The normalized spacial score (nSPS) is 23.6. The van der Waals surface area contributed by atoms with Crippen LogP contribution in [-0.2, 0) is 44.9 Å². The number of H-pyrrole nitrogens is 1. The number of nitrogens with one attached hydrogen (secondary N) is 3. The molecule has 2 fully saturated rings. The number of ether oxygens (including phenoxy) is 2. The topological polar surface area (TPSA) is 97.4 Å². The number of para-hydroxylation sites is 1. The zero-order valence-corrected chi connectivity index (χ0v) is 24.1. The Bertz CT molecular complexity index is 1690. The minimum atomic E-state index is -0.272. The predicted octanol–water partition coefficient (Wildman–Crippen LogP) is 4.55. The van der Waals surface area contributed by atoms with E-state index in [9.17, 15) is 14.0 Å². The number of aryl methyl sites for hydroxylation is 2. The van der Waals surface area contributed by atoms with Gasteiger partial charge in [0.15, 0.2) is 0 Å². The molecule has 2 saturated heterocycles. The van der Waals surface area contributed by atoms with E-state index in [1.165, 1.54) is 41.9 Å². The molecule has 0 saturated carbocycles. The van der Waals surface area contributed by atoms with Crippen molar-refractivity contribution < 1.29 is 23.5 Å². The van der Waals surface area contributed by atoms with Crippen LogP contribution < -0.4 is 10.6 Å². The molecular formula is C33H37FN4O4. The first-order valence-electron chi connectivity index (χ1n) is 15.1. The number of hydrogen-bond donors (Lipinski definition) is 3. The Morgan fingerprint density at radius 3 is 2.31 bits per heavy atom. The summed E-state index contributed by atoms with van der Waals surface area (Å²) in [6.45, 7) is 5.10. The van der Waals surface area contributed by atoms with E-state index in [1.807, 2.05) is 6.07 Å². The fraction of sp³-hybridized carbons (Fsp3) is 0.455. The molecule has 4 aromatic rings. The number of carbonyl (C=O) groups excluding carboxylic acids is 2. The van der Waals surface area contributed by atoms with E-state index in [1.54, 1.807) is 6.07 Å².